The Kier molecular flexibility index (Phi) is 6.36. The van der Waals surface area contributed by atoms with Crippen LogP contribution in [0.5, 0.6) is 0 Å². The van der Waals surface area contributed by atoms with Crippen LogP contribution in [0.3, 0.4) is 0 Å². The molecule has 0 radical (unpaired) electrons. The van der Waals surface area contributed by atoms with Gasteiger partial charge in [0.25, 0.3) is 0 Å². The molecule has 1 atom stereocenters. The van der Waals surface area contributed by atoms with E-state index in [0.29, 0.717) is 32.4 Å². The summed E-state index contributed by atoms with van der Waals surface area (Å²) in [6.45, 7) is 2.81. The summed E-state index contributed by atoms with van der Waals surface area (Å²) in [6.07, 6.45) is 2.01. The van der Waals surface area contributed by atoms with E-state index in [2.05, 4.69) is 0 Å². The largest absolute Gasteiger partial charge is 0.460 e. The van der Waals surface area contributed by atoms with E-state index in [-0.39, 0.29) is 5.97 Å². The number of hydrogen-bond acceptors (Lipinski definition) is 3. The fourth-order valence-corrected chi connectivity index (χ4v) is 2.85. The monoisotopic (exact) mass is 311 g/mol. The summed E-state index contributed by atoms with van der Waals surface area (Å²) in [5.74, 6) is -0.154. The van der Waals surface area contributed by atoms with Gasteiger partial charge in [-0.05, 0) is 36.9 Å². The number of carbonyl (C=O) groups is 1. The van der Waals surface area contributed by atoms with Crippen LogP contribution >= 0.6 is 0 Å². The van der Waals surface area contributed by atoms with Gasteiger partial charge in [-0.25, -0.2) is 0 Å². The lowest BCUT2D eigenvalue weighted by Crippen LogP contribution is -2.36. The summed E-state index contributed by atoms with van der Waals surface area (Å²) < 4.78 is 5.61. The third kappa shape index (κ3) is 4.67. The van der Waals surface area contributed by atoms with Gasteiger partial charge in [-0.1, -0.05) is 67.6 Å². The maximum absolute atomic E-state index is 12.8. The quantitative estimate of drug-likeness (QED) is 0.756. The van der Waals surface area contributed by atoms with Crippen molar-refractivity contribution >= 4 is 5.97 Å². The molecule has 23 heavy (non-hydrogen) atoms. The summed E-state index contributed by atoms with van der Waals surface area (Å²) in [7, 11) is 0. The van der Waals surface area contributed by atoms with Crippen molar-refractivity contribution < 1.29 is 9.53 Å². The Hall–Kier alpha value is -2.13. The Labute approximate surface area is 138 Å². The fourth-order valence-electron chi connectivity index (χ4n) is 2.85. The Bertz CT molecular complexity index is 598. The standard InChI is InChI=1S/C20H25NO2/c1-2-20(13-14-21,15-17-9-5-3-6-10-17)19(22)23-16-18-11-7-4-8-12-18/h3-12H,2,13-16,21H2,1H3. The lowest BCUT2D eigenvalue weighted by Gasteiger charge is -2.30. The molecule has 2 N–H and O–H groups in total. The minimum absolute atomic E-state index is 0.154. The van der Waals surface area contributed by atoms with Crippen LogP contribution in [0.25, 0.3) is 0 Å². The van der Waals surface area contributed by atoms with E-state index in [0.717, 1.165) is 11.1 Å². The van der Waals surface area contributed by atoms with Gasteiger partial charge in [0, 0.05) is 0 Å². The first-order valence-corrected chi connectivity index (χ1v) is 8.15. The lowest BCUT2D eigenvalue weighted by molar-refractivity contribution is -0.158. The summed E-state index contributed by atoms with van der Waals surface area (Å²) >= 11 is 0. The van der Waals surface area contributed by atoms with Gasteiger partial charge in [0.1, 0.15) is 6.61 Å². The molecule has 0 aliphatic carbocycles. The van der Waals surface area contributed by atoms with Crippen LogP contribution in [0.15, 0.2) is 60.7 Å². The van der Waals surface area contributed by atoms with Gasteiger partial charge < -0.3 is 10.5 Å². The van der Waals surface area contributed by atoms with Crippen molar-refractivity contribution in [2.24, 2.45) is 11.1 Å². The van der Waals surface area contributed by atoms with Crippen LogP contribution in [0.1, 0.15) is 30.9 Å². The Morgan fingerprint density at radius 3 is 2.09 bits per heavy atom. The molecule has 0 aliphatic heterocycles. The van der Waals surface area contributed by atoms with Gasteiger partial charge in [-0.2, -0.15) is 0 Å². The van der Waals surface area contributed by atoms with E-state index in [9.17, 15) is 4.79 Å². The summed E-state index contributed by atoms with van der Waals surface area (Å²) in [6, 6.07) is 19.8. The minimum Gasteiger partial charge on any atom is -0.460 e. The van der Waals surface area contributed by atoms with Crippen molar-refractivity contribution in [2.45, 2.75) is 32.8 Å². The molecule has 2 rings (SSSR count). The van der Waals surface area contributed by atoms with Gasteiger partial charge in [0.15, 0.2) is 0 Å². The Morgan fingerprint density at radius 1 is 1.00 bits per heavy atom. The van der Waals surface area contributed by atoms with E-state index >= 15 is 0 Å². The molecule has 3 nitrogen and oxygen atoms in total. The first-order chi connectivity index (χ1) is 11.2. The lowest BCUT2D eigenvalue weighted by atomic mass is 9.76. The second-order valence-electron chi connectivity index (χ2n) is 5.90. The number of esters is 1. The number of rotatable bonds is 8. The van der Waals surface area contributed by atoms with Gasteiger partial charge in [-0.3, -0.25) is 4.79 Å². The number of ether oxygens (including phenoxy) is 1. The molecule has 0 aromatic heterocycles. The molecule has 0 saturated heterocycles. The van der Waals surface area contributed by atoms with E-state index < -0.39 is 5.41 Å². The highest BCUT2D eigenvalue weighted by Gasteiger charge is 2.37. The summed E-state index contributed by atoms with van der Waals surface area (Å²) in [4.78, 5) is 12.8. The van der Waals surface area contributed by atoms with Crippen molar-refractivity contribution in [3.8, 4) is 0 Å². The maximum Gasteiger partial charge on any atom is 0.312 e. The normalized spacial score (nSPS) is 13.3. The second kappa shape index (κ2) is 8.49. The van der Waals surface area contributed by atoms with E-state index in [1.165, 1.54) is 0 Å². The molecule has 0 spiro atoms. The molecule has 0 fully saturated rings. The highest BCUT2D eigenvalue weighted by molar-refractivity contribution is 5.77. The van der Waals surface area contributed by atoms with Crippen molar-refractivity contribution in [2.75, 3.05) is 6.54 Å². The highest BCUT2D eigenvalue weighted by Crippen LogP contribution is 2.32. The van der Waals surface area contributed by atoms with E-state index in [1.807, 2.05) is 67.6 Å². The average molecular weight is 311 g/mol. The first kappa shape index (κ1) is 17.2. The maximum atomic E-state index is 12.8. The topological polar surface area (TPSA) is 52.3 Å². The van der Waals surface area contributed by atoms with Gasteiger partial charge in [-0.15, -0.1) is 0 Å². The van der Waals surface area contributed by atoms with Gasteiger partial charge in [0.05, 0.1) is 5.41 Å². The molecule has 0 heterocycles. The van der Waals surface area contributed by atoms with Crippen LogP contribution in [0.4, 0.5) is 0 Å². The smallest absolute Gasteiger partial charge is 0.312 e. The minimum atomic E-state index is -0.551. The number of nitrogens with two attached hydrogens (primary N) is 1. The molecule has 1 unspecified atom stereocenters. The second-order valence-corrected chi connectivity index (χ2v) is 5.90. The van der Waals surface area contributed by atoms with Crippen LogP contribution in [0, 0.1) is 5.41 Å². The van der Waals surface area contributed by atoms with Crippen LogP contribution < -0.4 is 5.73 Å². The van der Waals surface area contributed by atoms with Crippen molar-refractivity contribution in [1.82, 2.24) is 0 Å². The summed E-state index contributed by atoms with van der Waals surface area (Å²) in [5, 5.41) is 0. The van der Waals surface area contributed by atoms with Crippen molar-refractivity contribution in [1.29, 1.82) is 0 Å². The Morgan fingerprint density at radius 2 is 1.57 bits per heavy atom. The average Bonchev–Trinajstić information content (AvgIpc) is 2.61. The Balaban J connectivity index is 2.11. The predicted octanol–water partition coefficient (Wildman–Crippen LogP) is 3.72. The highest BCUT2D eigenvalue weighted by atomic mass is 16.5. The molecule has 2 aromatic carbocycles. The van der Waals surface area contributed by atoms with Gasteiger partial charge >= 0.3 is 5.97 Å². The summed E-state index contributed by atoms with van der Waals surface area (Å²) in [5.41, 5.74) is 7.37. The van der Waals surface area contributed by atoms with E-state index in [4.69, 9.17) is 10.5 Å². The van der Waals surface area contributed by atoms with Crippen LogP contribution in [-0.2, 0) is 22.6 Å². The fraction of sp³-hybridized carbons (Fsp3) is 0.350. The molecule has 122 valence electrons. The molecule has 0 amide bonds. The van der Waals surface area contributed by atoms with Crippen molar-refractivity contribution in [3.63, 3.8) is 0 Å². The number of carbonyl (C=O) groups excluding carboxylic acids is 1. The number of hydrogen-bond donors (Lipinski definition) is 1. The molecule has 3 heteroatoms. The molecular weight excluding hydrogens is 286 g/mol. The molecule has 2 aromatic rings. The van der Waals surface area contributed by atoms with Crippen LogP contribution in [0.2, 0.25) is 0 Å². The zero-order chi connectivity index (χ0) is 16.5. The number of benzene rings is 2. The zero-order valence-electron chi connectivity index (χ0n) is 13.7. The molecule has 0 saturated carbocycles. The molecular formula is C20H25NO2. The molecule has 0 bridgehead atoms. The van der Waals surface area contributed by atoms with Gasteiger partial charge in [0.2, 0.25) is 0 Å². The molecule has 0 aliphatic rings. The SMILES string of the molecule is CCC(CCN)(Cc1ccccc1)C(=O)OCc1ccccc1. The van der Waals surface area contributed by atoms with Crippen molar-refractivity contribution in [3.05, 3.63) is 71.8 Å². The predicted molar refractivity (Wildman–Crippen MR) is 92.8 cm³/mol. The third-order valence-corrected chi connectivity index (χ3v) is 4.33. The first-order valence-electron chi connectivity index (χ1n) is 8.15. The third-order valence-electron chi connectivity index (χ3n) is 4.33. The van der Waals surface area contributed by atoms with E-state index in [1.54, 1.807) is 0 Å². The van der Waals surface area contributed by atoms with Crippen LogP contribution in [-0.4, -0.2) is 12.5 Å². The zero-order valence-corrected chi connectivity index (χ0v) is 13.7.